The maximum absolute atomic E-state index is 11.0. The summed E-state index contributed by atoms with van der Waals surface area (Å²) in [6.45, 7) is 0. The number of methoxy groups -OCH3 is 2. The molecule has 5 nitrogen and oxygen atoms in total. The van der Waals surface area contributed by atoms with Crippen molar-refractivity contribution in [1.29, 1.82) is 0 Å². The highest BCUT2D eigenvalue weighted by Crippen LogP contribution is 2.12. The van der Waals surface area contributed by atoms with Crippen LogP contribution in [0.4, 0.5) is 0 Å². The molecule has 6 heteroatoms. The number of rotatable bonds is 2. The minimum absolute atomic E-state index is 0.120. The Morgan fingerprint density at radius 1 is 1.46 bits per heavy atom. The van der Waals surface area contributed by atoms with Gasteiger partial charge in [0.1, 0.15) is 4.60 Å². The lowest BCUT2D eigenvalue weighted by molar-refractivity contribution is 0.0592. The largest absolute Gasteiger partial charge is 0.467 e. The van der Waals surface area contributed by atoms with Gasteiger partial charge in [0.15, 0.2) is 5.69 Å². The summed E-state index contributed by atoms with van der Waals surface area (Å²) in [5.74, 6) is -0.526. The Hall–Kier alpha value is -1.17. The first-order chi connectivity index (χ1) is 6.17. The SMILES string of the molecule is COC(=O)c1cc(Br)nc(OC)n1. The lowest BCUT2D eigenvalue weighted by Crippen LogP contribution is -2.06. The average molecular weight is 247 g/mol. The minimum atomic E-state index is -0.526. The fourth-order valence-electron chi connectivity index (χ4n) is 0.697. The number of aromatic nitrogens is 2. The number of halogens is 1. The second-order valence-electron chi connectivity index (χ2n) is 2.05. The molecule has 70 valence electrons. The van der Waals surface area contributed by atoms with E-state index in [-0.39, 0.29) is 11.7 Å². The topological polar surface area (TPSA) is 61.3 Å². The number of carbonyl (C=O) groups excluding carboxylic acids is 1. The van der Waals surface area contributed by atoms with Crippen molar-refractivity contribution in [3.63, 3.8) is 0 Å². The summed E-state index contributed by atoms with van der Waals surface area (Å²) in [5.41, 5.74) is 0.154. The molecular formula is C7H7BrN2O3. The second-order valence-corrected chi connectivity index (χ2v) is 2.87. The van der Waals surface area contributed by atoms with Gasteiger partial charge in [0.2, 0.25) is 0 Å². The number of hydrogen-bond acceptors (Lipinski definition) is 5. The molecule has 0 aliphatic rings. The molecule has 0 aliphatic heterocycles. The molecule has 0 atom stereocenters. The molecule has 0 radical (unpaired) electrons. The summed E-state index contributed by atoms with van der Waals surface area (Å²) in [6, 6.07) is 1.57. The number of carbonyl (C=O) groups is 1. The predicted octanol–water partition coefficient (Wildman–Crippen LogP) is 1.03. The van der Waals surface area contributed by atoms with Gasteiger partial charge in [-0.1, -0.05) is 0 Å². The van der Waals surface area contributed by atoms with E-state index >= 15 is 0 Å². The Morgan fingerprint density at radius 3 is 2.69 bits per heavy atom. The molecule has 0 fully saturated rings. The standard InChI is InChI=1S/C7H7BrN2O3/c1-12-6(11)4-3-5(8)10-7(9-4)13-2/h3H,1-2H3. The van der Waals surface area contributed by atoms with Crippen LogP contribution in [-0.2, 0) is 4.74 Å². The van der Waals surface area contributed by atoms with E-state index in [1.165, 1.54) is 20.3 Å². The molecule has 13 heavy (non-hydrogen) atoms. The van der Waals surface area contributed by atoms with E-state index < -0.39 is 5.97 Å². The van der Waals surface area contributed by atoms with E-state index in [4.69, 9.17) is 4.74 Å². The fraction of sp³-hybridized carbons (Fsp3) is 0.286. The Kier molecular flexibility index (Phi) is 3.18. The molecule has 1 aromatic heterocycles. The highest BCUT2D eigenvalue weighted by molar-refractivity contribution is 9.10. The molecule has 0 N–H and O–H groups in total. The molecular weight excluding hydrogens is 240 g/mol. The van der Waals surface area contributed by atoms with Crippen molar-refractivity contribution in [3.8, 4) is 6.01 Å². The molecule has 0 saturated heterocycles. The van der Waals surface area contributed by atoms with E-state index in [2.05, 4.69) is 30.6 Å². The predicted molar refractivity (Wildman–Crippen MR) is 47.6 cm³/mol. The van der Waals surface area contributed by atoms with E-state index in [1.54, 1.807) is 0 Å². The first kappa shape index (κ1) is 9.91. The zero-order valence-electron chi connectivity index (χ0n) is 7.07. The Labute approximate surface area is 83.2 Å². The maximum atomic E-state index is 11.0. The lowest BCUT2D eigenvalue weighted by Gasteiger charge is -2.01. The summed E-state index contributed by atoms with van der Waals surface area (Å²) < 4.78 is 9.73. The Morgan fingerprint density at radius 2 is 2.15 bits per heavy atom. The Bertz CT molecular complexity index is 330. The first-order valence-corrected chi connectivity index (χ1v) is 4.13. The van der Waals surface area contributed by atoms with Gasteiger partial charge in [-0.3, -0.25) is 0 Å². The van der Waals surface area contributed by atoms with Crippen molar-refractivity contribution < 1.29 is 14.3 Å². The fourth-order valence-corrected chi connectivity index (χ4v) is 1.07. The third-order valence-corrected chi connectivity index (χ3v) is 1.66. The number of ether oxygens (including phenoxy) is 2. The van der Waals surface area contributed by atoms with Gasteiger partial charge in [0, 0.05) is 6.07 Å². The van der Waals surface area contributed by atoms with Gasteiger partial charge in [0.25, 0.3) is 0 Å². The highest BCUT2D eigenvalue weighted by Gasteiger charge is 2.10. The summed E-state index contributed by atoms with van der Waals surface area (Å²) in [6.07, 6.45) is 0. The molecule has 1 heterocycles. The van der Waals surface area contributed by atoms with Crippen molar-refractivity contribution in [2.45, 2.75) is 0 Å². The van der Waals surface area contributed by atoms with Crippen molar-refractivity contribution in [3.05, 3.63) is 16.4 Å². The average Bonchev–Trinajstić information content (AvgIpc) is 2.15. The molecule has 0 aromatic carbocycles. The molecule has 0 saturated carbocycles. The zero-order valence-corrected chi connectivity index (χ0v) is 8.66. The Balaban J connectivity index is 3.08. The number of nitrogens with zero attached hydrogens (tertiary/aromatic N) is 2. The monoisotopic (exact) mass is 246 g/mol. The van der Waals surface area contributed by atoms with Crippen molar-refractivity contribution in [1.82, 2.24) is 9.97 Å². The lowest BCUT2D eigenvalue weighted by atomic mass is 10.4. The summed E-state index contributed by atoms with van der Waals surface area (Å²) in [5, 5.41) is 0. The van der Waals surface area contributed by atoms with Crippen LogP contribution in [0.1, 0.15) is 10.5 Å². The van der Waals surface area contributed by atoms with Crippen LogP contribution in [0.2, 0.25) is 0 Å². The van der Waals surface area contributed by atoms with Gasteiger partial charge in [0.05, 0.1) is 14.2 Å². The van der Waals surface area contributed by atoms with Crippen LogP contribution in [0.25, 0.3) is 0 Å². The van der Waals surface area contributed by atoms with Gasteiger partial charge in [-0.05, 0) is 15.9 Å². The quantitative estimate of drug-likeness (QED) is 0.577. The van der Waals surface area contributed by atoms with E-state index in [9.17, 15) is 4.79 Å². The molecule has 0 bridgehead atoms. The third-order valence-electron chi connectivity index (χ3n) is 1.25. The van der Waals surface area contributed by atoms with Gasteiger partial charge in [-0.15, -0.1) is 0 Å². The smallest absolute Gasteiger partial charge is 0.356 e. The van der Waals surface area contributed by atoms with E-state index in [0.717, 1.165) is 0 Å². The van der Waals surface area contributed by atoms with Crippen LogP contribution >= 0.6 is 15.9 Å². The molecule has 0 unspecified atom stereocenters. The second kappa shape index (κ2) is 4.18. The van der Waals surface area contributed by atoms with Gasteiger partial charge in [-0.25, -0.2) is 4.79 Å². The first-order valence-electron chi connectivity index (χ1n) is 3.34. The highest BCUT2D eigenvalue weighted by atomic mass is 79.9. The number of hydrogen-bond donors (Lipinski definition) is 0. The van der Waals surface area contributed by atoms with E-state index in [0.29, 0.717) is 4.60 Å². The summed E-state index contributed by atoms with van der Waals surface area (Å²) >= 11 is 3.11. The summed E-state index contributed by atoms with van der Waals surface area (Å²) in [4.78, 5) is 18.7. The van der Waals surface area contributed by atoms with Crippen molar-refractivity contribution in [2.24, 2.45) is 0 Å². The van der Waals surface area contributed by atoms with E-state index in [1.807, 2.05) is 0 Å². The van der Waals surface area contributed by atoms with Crippen LogP contribution < -0.4 is 4.74 Å². The molecule has 0 aliphatic carbocycles. The van der Waals surface area contributed by atoms with Crippen LogP contribution in [0.5, 0.6) is 6.01 Å². The van der Waals surface area contributed by atoms with Gasteiger partial charge >= 0.3 is 12.0 Å². The minimum Gasteiger partial charge on any atom is -0.467 e. The van der Waals surface area contributed by atoms with Crippen LogP contribution in [0.15, 0.2) is 10.7 Å². The van der Waals surface area contributed by atoms with Crippen molar-refractivity contribution in [2.75, 3.05) is 14.2 Å². The maximum Gasteiger partial charge on any atom is 0.356 e. The van der Waals surface area contributed by atoms with Crippen molar-refractivity contribution >= 4 is 21.9 Å². The van der Waals surface area contributed by atoms with Crippen LogP contribution in [-0.4, -0.2) is 30.2 Å². The van der Waals surface area contributed by atoms with Crippen LogP contribution in [0.3, 0.4) is 0 Å². The normalized spacial score (nSPS) is 9.46. The molecule has 1 aromatic rings. The van der Waals surface area contributed by atoms with Gasteiger partial charge < -0.3 is 9.47 Å². The molecule has 1 rings (SSSR count). The number of esters is 1. The van der Waals surface area contributed by atoms with Crippen LogP contribution in [0, 0.1) is 0 Å². The zero-order chi connectivity index (χ0) is 9.84. The summed E-state index contributed by atoms with van der Waals surface area (Å²) in [7, 11) is 2.70. The molecule has 0 spiro atoms. The van der Waals surface area contributed by atoms with Gasteiger partial charge in [-0.2, -0.15) is 9.97 Å². The molecule has 0 amide bonds. The third kappa shape index (κ3) is 2.38.